The largest absolute Gasteiger partial charge is 0.444 e. The summed E-state index contributed by atoms with van der Waals surface area (Å²) >= 11 is 0. The van der Waals surface area contributed by atoms with E-state index in [9.17, 15) is 9.59 Å². The van der Waals surface area contributed by atoms with Crippen molar-refractivity contribution in [2.45, 2.75) is 64.8 Å². The van der Waals surface area contributed by atoms with Gasteiger partial charge in [0.15, 0.2) is 6.29 Å². The molecule has 0 aliphatic carbocycles. The van der Waals surface area contributed by atoms with Crippen LogP contribution in [-0.2, 0) is 19.0 Å². The van der Waals surface area contributed by atoms with Crippen LogP contribution in [0.3, 0.4) is 0 Å². The summed E-state index contributed by atoms with van der Waals surface area (Å²) in [7, 11) is 0. The van der Waals surface area contributed by atoms with Crippen LogP contribution in [0.25, 0.3) is 0 Å². The molecule has 3 heterocycles. The normalized spacial score (nSPS) is 25.7. The molecule has 3 saturated heterocycles. The topological polar surface area (TPSA) is 68.3 Å². The van der Waals surface area contributed by atoms with Gasteiger partial charge in [0, 0.05) is 38.5 Å². The van der Waals surface area contributed by atoms with E-state index in [1.54, 1.807) is 4.90 Å². The predicted octanol–water partition coefficient (Wildman–Crippen LogP) is 2.64. The highest BCUT2D eigenvalue weighted by Gasteiger charge is 2.34. The van der Waals surface area contributed by atoms with E-state index < -0.39 is 5.60 Å². The molecule has 0 saturated carbocycles. The summed E-state index contributed by atoms with van der Waals surface area (Å²) < 4.78 is 16.7. The van der Waals surface area contributed by atoms with Crippen molar-refractivity contribution in [3.8, 4) is 0 Å². The summed E-state index contributed by atoms with van der Waals surface area (Å²) in [5.41, 5.74) is -0.471. The van der Waals surface area contributed by atoms with E-state index in [0.717, 1.165) is 38.8 Å². The third-order valence-corrected chi connectivity index (χ3v) is 5.57. The van der Waals surface area contributed by atoms with Gasteiger partial charge in [-0.15, -0.1) is 0 Å². The van der Waals surface area contributed by atoms with E-state index in [0.29, 0.717) is 44.6 Å². The van der Waals surface area contributed by atoms with Gasteiger partial charge in [0.2, 0.25) is 5.91 Å². The molecule has 3 fully saturated rings. The maximum absolute atomic E-state index is 12.8. The summed E-state index contributed by atoms with van der Waals surface area (Å²) in [6, 6.07) is 0. The maximum Gasteiger partial charge on any atom is 0.410 e. The molecule has 0 aromatic heterocycles. The lowest BCUT2D eigenvalue weighted by atomic mass is 9.91. The average molecular weight is 383 g/mol. The molecule has 154 valence electrons. The first kappa shape index (κ1) is 20.4. The fourth-order valence-corrected chi connectivity index (χ4v) is 4.13. The Morgan fingerprint density at radius 3 is 2.30 bits per heavy atom. The lowest BCUT2D eigenvalue weighted by Crippen LogP contribution is -2.45. The van der Waals surface area contributed by atoms with Gasteiger partial charge in [-0.2, -0.15) is 0 Å². The minimum atomic E-state index is -0.471. The van der Waals surface area contributed by atoms with Crippen molar-refractivity contribution in [3.63, 3.8) is 0 Å². The molecule has 0 bridgehead atoms. The van der Waals surface area contributed by atoms with Crippen molar-refractivity contribution in [3.05, 3.63) is 0 Å². The lowest BCUT2D eigenvalue weighted by molar-refractivity contribution is -0.140. The number of hydrogen-bond acceptors (Lipinski definition) is 5. The number of rotatable bonds is 3. The number of carbonyl (C=O) groups is 2. The van der Waals surface area contributed by atoms with Crippen LogP contribution in [0.5, 0.6) is 0 Å². The number of likely N-dealkylation sites (tertiary alicyclic amines) is 2. The van der Waals surface area contributed by atoms with Gasteiger partial charge in [0.1, 0.15) is 5.60 Å². The summed E-state index contributed by atoms with van der Waals surface area (Å²) in [6.07, 6.45) is 3.97. The van der Waals surface area contributed by atoms with Crippen molar-refractivity contribution >= 4 is 12.0 Å². The number of amides is 2. The summed E-state index contributed by atoms with van der Waals surface area (Å²) in [5.74, 6) is 0.864. The second-order valence-electron chi connectivity index (χ2n) is 8.97. The zero-order valence-corrected chi connectivity index (χ0v) is 16.9. The Balaban J connectivity index is 1.42. The van der Waals surface area contributed by atoms with E-state index >= 15 is 0 Å². The minimum Gasteiger partial charge on any atom is -0.444 e. The highest BCUT2D eigenvalue weighted by molar-refractivity contribution is 5.76. The van der Waals surface area contributed by atoms with E-state index in [4.69, 9.17) is 14.2 Å². The molecular weight excluding hydrogens is 348 g/mol. The average Bonchev–Trinajstić information content (AvgIpc) is 3.15. The quantitative estimate of drug-likeness (QED) is 0.751. The first-order chi connectivity index (χ1) is 12.8. The Morgan fingerprint density at radius 2 is 1.67 bits per heavy atom. The van der Waals surface area contributed by atoms with Crippen LogP contribution in [0.15, 0.2) is 0 Å². The summed E-state index contributed by atoms with van der Waals surface area (Å²) in [5, 5.41) is 0. The van der Waals surface area contributed by atoms with Gasteiger partial charge in [-0.3, -0.25) is 4.79 Å². The number of nitrogens with zero attached hydrogens (tertiary/aromatic N) is 2. The molecule has 0 N–H and O–H groups in total. The summed E-state index contributed by atoms with van der Waals surface area (Å²) in [6.45, 7) is 9.85. The zero-order chi connectivity index (χ0) is 19.4. The van der Waals surface area contributed by atoms with Crippen molar-refractivity contribution in [2.24, 2.45) is 11.8 Å². The van der Waals surface area contributed by atoms with Crippen LogP contribution in [0.1, 0.15) is 52.9 Å². The van der Waals surface area contributed by atoms with Gasteiger partial charge in [0.05, 0.1) is 13.2 Å². The van der Waals surface area contributed by atoms with Crippen molar-refractivity contribution < 1.29 is 23.8 Å². The molecule has 0 aromatic carbocycles. The molecular formula is C20H34N2O5. The van der Waals surface area contributed by atoms with Gasteiger partial charge >= 0.3 is 6.09 Å². The van der Waals surface area contributed by atoms with Gasteiger partial charge in [0.25, 0.3) is 0 Å². The number of ether oxygens (including phenoxy) is 3. The Labute approximate surface area is 162 Å². The van der Waals surface area contributed by atoms with E-state index in [1.165, 1.54) is 0 Å². The molecule has 3 rings (SSSR count). The fourth-order valence-electron chi connectivity index (χ4n) is 4.13. The molecule has 7 heteroatoms. The number of piperidine rings is 2. The molecule has 2 amide bonds. The van der Waals surface area contributed by atoms with Crippen LogP contribution in [0.4, 0.5) is 4.79 Å². The molecule has 0 aromatic rings. The first-order valence-corrected chi connectivity index (χ1v) is 10.3. The molecule has 1 unspecified atom stereocenters. The molecule has 3 aliphatic heterocycles. The summed E-state index contributed by atoms with van der Waals surface area (Å²) in [4.78, 5) is 28.7. The standard InChI is InChI=1S/C20H34N2O5/c1-20(2,3)27-19(24)21-9-6-15(7-10-21)13-17(23)22-8-4-5-16(14-22)18-25-11-12-26-18/h15-16,18H,4-14H2,1-3H3. The molecule has 27 heavy (non-hydrogen) atoms. The van der Waals surface area contributed by atoms with Crippen LogP contribution in [0.2, 0.25) is 0 Å². The highest BCUT2D eigenvalue weighted by atomic mass is 16.7. The smallest absolute Gasteiger partial charge is 0.410 e. The van der Waals surface area contributed by atoms with E-state index in [-0.39, 0.29) is 18.3 Å². The van der Waals surface area contributed by atoms with Gasteiger partial charge in [-0.05, 0) is 52.4 Å². The lowest BCUT2D eigenvalue weighted by Gasteiger charge is -2.37. The monoisotopic (exact) mass is 382 g/mol. The predicted molar refractivity (Wildman–Crippen MR) is 100 cm³/mol. The third-order valence-electron chi connectivity index (χ3n) is 5.57. The van der Waals surface area contributed by atoms with E-state index in [2.05, 4.69) is 0 Å². The van der Waals surface area contributed by atoms with Crippen molar-refractivity contribution in [1.82, 2.24) is 9.80 Å². The van der Waals surface area contributed by atoms with Crippen LogP contribution in [-0.4, -0.2) is 73.1 Å². The first-order valence-electron chi connectivity index (χ1n) is 10.3. The van der Waals surface area contributed by atoms with Gasteiger partial charge in [-0.25, -0.2) is 4.79 Å². The number of hydrogen-bond donors (Lipinski definition) is 0. The second kappa shape index (κ2) is 8.78. The molecule has 0 spiro atoms. The van der Waals surface area contributed by atoms with Gasteiger partial charge in [-0.1, -0.05) is 0 Å². The molecule has 7 nitrogen and oxygen atoms in total. The number of carbonyl (C=O) groups excluding carboxylic acids is 2. The fraction of sp³-hybridized carbons (Fsp3) is 0.900. The Morgan fingerprint density at radius 1 is 1.00 bits per heavy atom. The molecule has 3 aliphatic rings. The third kappa shape index (κ3) is 5.82. The Bertz CT molecular complexity index is 519. The highest BCUT2D eigenvalue weighted by Crippen LogP contribution is 2.27. The minimum absolute atomic E-state index is 0.141. The van der Waals surface area contributed by atoms with Crippen molar-refractivity contribution in [1.29, 1.82) is 0 Å². The maximum atomic E-state index is 12.8. The van der Waals surface area contributed by atoms with E-state index in [1.807, 2.05) is 25.7 Å². The zero-order valence-electron chi connectivity index (χ0n) is 16.9. The van der Waals surface area contributed by atoms with Gasteiger partial charge < -0.3 is 24.0 Å². The van der Waals surface area contributed by atoms with Crippen LogP contribution < -0.4 is 0 Å². The van der Waals surface area contributed by atoms with Crippen LogP contribution >= 0.6 is 0 Å². The molecule has 1 atom stereocenters. The Kier molecular flexibility index (Phi) is 6.63. The van der Waals surface area contributed by atoms with Crippen LogP contribution in [0, 0.1) is 11.8 Å². The SMILES string of the molecule is CC(C)(C)OC(=O)N1CCC(CC(=O)N2CCCC(C3OCCO3)C2)CC1. The molecule has 0 radical (unpaired) electrons. The van der Waals surface area contributed by atoms with Crippen molar-refractivity contribution in [2.75, 3.05) is 39.4 Å². The second-order valence-corrected chi connectivity index (χ2v) is 8.97. The Hall–Kier alpha value is -1.34.